The Morgan fingerprint density at radius 2 is 1.61 bits per heavy atom. The smallest absolute Gasteiger partial charge is 0.244 e. The lowest BCUT2D eigenvalue weighted by atomic mass is 10.0. The molecule has 0 radical (unpaired) electrons. The Balaban J connectivity index is 1.73. The Hall–Kier alpha value is -3.76. The third kappa shape index (κ3) is 8.14. The summed E-state index contributed by atoms with van der Waals surface area (Å²) in [6.45, 7) is 3.91. The van der Waals surface area contributed by atoms with Crippen molar-refractivity contribution in [3.05, 3.63) is 88.9 Å². The molecule has 0 aliphatic carbocycles. The van der Waals surface area contributed by atoms with Gasteiger partial charge in [-0.25, -0.2) is 8.42 Å². The summed E-state index contributed by atoms with van der Waals surface area (Å²) in [5.41, 5.74) is 1.80. The van der Waals surface area contributed by atoms with Gasteiger partial charge in [-0.15, -0.1) is 0 Å². The molecule has 0 aromatic heterocycles. The summed E-state index contributed by atoms with van der Waals surface area (Å²) >= 11 is 6.24. The van der Waals surface area contributed by atoms with Crippen LogP contribution in [-0.4, -0.2) is 63.2 Å². The SMILES string of the molecule is CC(C)NC(=O)[C@@H](Cc1ccccc1)N(Cc1cccc(Cl)c1)C(=O)CN(c1ccc2c(c1)OCCO2)S(C)(=O)=O. The fourth-order valence-corrected chi connectivity index (χ4v) is 5.62. The second-order valence-electron chi connectivity index (χ2n) is 10.1. The molecular formula is C30H34ClN3O6S. The fourth-order valence-electron chi connectivity index (χ4n) is 4.57. The van der Waals surface area contributed by atoms with Crippen molar-refractivity contribution in [3.63, 3.8) is 0 Å². The molecule has 11 heteroatoms. The number of carbonyl (C=O) groups is 2. The van der Waals surface area contributed by atoms with Gasteiger partial charge in [0.15, 0.2) is 11.5 Å². The molecule has 41 heavy (non-hydrogen) atoms. The van der Waals surface area contributed by atoms with Crippen LogP contribution in [0.3, 0.4) is 0 Å². The van der Waals surface area contributed by atoms with E-state index >= 15 is 0 Å². The predicted octanol–water partition coefficient (Wildman–Crippen LogP) is 4.04. The van der Waals surface area contributed by atoms with Gasteiger partial charge in [-0.2, -0.15) is 0 Å². The van der Waals surface area contributed by atoms with Gasteiger partial charge in [0, 0.05) is 30.1 Å². The zero-order valence-electron chi connectivity index (χ0n) is 23.2. The van der Waals surface area contributed by atoms with Crippen molar-refractivity contribution >= 4 is 39.1 Å². The maximum Gasteiger partial charge on any atom is 0.244 e. The quantitative estimate of drug-likeness (QED) is 0.357. The standard InChI is InChI=1S/C30H34ClN3O6S/c1-21(2)32-30(36)26(17-22-8-5-4-6-9-22)33(19-23-10-7-11-24(31)16-23)29(35)20-34(41(3,37)38)25-12-13-27-28(18-25)40-15-14-39-27/h4-13,16,18,21,26H,14-15,17,19-20H2,1-3H3,(H,32,36)/t26-/m1/s1. The lowest BCUT2D eigenvalue weighted by Crippen LogP contribution is -2.54. The summed E-state index contributed by atoms with van der Waals surface area (Å²) in [7, 11) is -3.91. The van der Waals surface area contributed by atoms with Gasteiger partial charge >= 0.3 is 0 Å². The number of ether oxygens (including phenoxy) is 2. The van der Waals surface area contributed by atoms with E-state index in [4.69, 9.17) is 21.1 Å². The molecule has 0 spiro atoms. The van der Waals surface area contributed by atoms with E-state index < -0.39 is 28.5 Å². The highest BCUT2D eigenvalue weighted by atomic mass is 35.5. The number of carbonyl (C=O) groups excluding carboxylic acids is 2. The van der Waals surface area contributed by atoms with Crippen molar-refractivity contribution in [1.29, 1.82) is 0 Å². The van der Waals surface area contributed by atoms with Crippen molar-refractivity contribution in [2.45, 2.75) is 38.9 Å². The molecular weight excluding hydrogens is 566 g/mol. The predicted molar refractivity (Wildman–Crippen MR) is 159 cm³/mol. The van der Waals surface area contributed by atoms with Gasteiger partial charge < -0.3 is 19.7 Å². The van der Waals surface area contributed by atoms with Crippen LogP contribution in [0.2, 0.25) is 5.02 Å². The maximum absolute atomic E-state index is 14.1. The van der Waals surface area contributed by atoms with E-state index in [0.717, 1.165) is 16.1 Å². The highest BCUT2D eigenvalue weighted by Gasteiger charge is 2.33. The first-order chi connectivity index (χ1) is 19.5. The van der Waals surface area contributed by atoms with Crippen LogP contribution in [0.5, 0.6) is 11.5 Å². The third-order valence-electron chi connectivity index (χ3n) is 6.44. The minimum absolute atomic E-state index is 0.0428. The minimum atomic E-state index is -3.91. The number of anilines is 1. The number of halogens is 1. The number of benzene rings is 3. The summed E-state index contributed by atoms with van der Waals surface area (Å²) in [5, 5.41) is 3.41. The molecule has 1 N–H and O–H groups in total. The van der Waals surface area contributed by atoms with Gasteiger partial charge in [-0.3, -0.25) is 13.9 Å². The lowest BCUT2D eigenvalue weighted by molar-refractivity contribution is -0.140. The van der Waals surface area contributed by atoms with E-state index in [2.05, 4.69) is 5.32 Å². The summed E-state index contributed by atoms with van der Waals surface area (Å²) < 4.78 is 38.2. The second kappa shape index (κ2) is 13.3. The van der Waals surface area contributed by atoms with E-state index in [-0.39, 0.29) is 30.6 Å². The van der Waals surface area contributed by atoms with E-state index in [1.54, 1.807) is 36.4 Å². The topological polar surface area (TPSA) is 105 Å². The number of hydrogen-bond donors (Lipinski definition) is 1. The summed E-state index contributed by atoms with van der Waals surface area (Å²) in [6.07, 6.45) is 1.26. The molecule has 3 aromatic carbocycles. The number of nitrogens with zero attached hydrogens (tertiary/aromatic N) is 2. The van der Waals surface area contributed by atoms with Gasteiger partial charge in [0.2, 0.25) is 21.8 Å². The maximum atomic E-state index is 14.1. The summed E-state index contributed by atoms with van der Waals surface area (Å²) in [4.78, 5) is 29.1. The van der Waals surface area contributed by atoms with Crippen LogP contribution in [0.25, 0.3) is 0 Å². The van der Waals surface area contributed by atoms with E-state index in [1.807, 2.05) is 44.2 Å². The number of rotatable bonds is 11. The van der Waals surface area contributed by atoms with Crippen LogP contribution in [-0.2, 0) is 32.6 Å². The van der Waals surface area contributed by atoms with Gasteiger partial charge in [0.05, 0.1) is 11.9 Å². The third-order valence-corrected chi connectivity index (χ3v) is 7.81. The van der Waals surface area contributed by atoms with Crippen LogP contribution in [0, 0.1) is 0 Å². The number of amides is 2. The molecule has 1 atom stereocenters. The molecule has 1 heterocycles. The van der Waals surface area contributed by atoms with Gasteiger partial charge in [-0.1, -0.05) is 54.1 Å². The number of sulfonamides is 1. The van der Waals surface area contributed by atoms with Crippen LogP contribution < -0.4 is 19.1 Å². The van der Waals surface area contributed by atoms with Gasteiger partial charge in [0.25, 0.3) is 0 Å². The van der Waals surface area contributed by atoms with Gasteiger partial charge in [-0.05, 0) is 49.2 Å². The Morgan fingerprint density at radius 3 is 2.27 bits per heavy atom. The number of hydrogen-bond acceptors (Lipinski definition) is 6. The number of fused-ring (bicyclic) bond motifs is 1. The van der Waals surface area contributed by atoms with Crippen LogP contribution >= 0.6 is 11.6 Å². The van der Waals surface area contributed by atoms with Crippen molar-refractivity contribution < 1.29 is 27.5 Å². The molecule has 9 nitrogen and oxygen atoms in total. The molecule has 1 aliphatic rings. The molecule has 0 fully saturated rings. The molecule has 3 aromatic rings. The normalized spacial score (nSPS) is 13.4. The molecule has 218 valence electrons. The number of nitrogens with one attached hydrogen (secondary N) is 1. The van der Waals surface area contributed by atoms with Gasteiger partial charge in [0.1, 0.15) is 25.8 Å². The van der Waals surface area contributed by atoms with Crippen LogP contribution in [0.15, 0.2) is 72.8 Å². The lowest BCUT2D eigenvalue weighted by Gasteiger charge is -2.34. The Kier molecular flexibility index (Phi) is 9.77. The average molecular weight is 600 g/mol. The molecule has 0 saturated heterocycles. The zero-order chi connectivity index (χ0) is 29.6. The Bertz CT molecular complexity index is 1480. The van der Waals surface area contributed by atoms with E-state index in [1.165, 1.54) is 11.0 Å². The fraction of sp³-hybridized carbons (Fsp3) is 0.333. The van der Waals surface area contributed by atoms with Crippen molar-refractivity contribution in [2.75, 3.05) is 30.3 Å². The molecule has 1 aliphatic heterocycles. The Labute approximate surface area is 246 Å². The summed E-state index contributed by atoms with van der Waals surface area (Å²) in [5.74, 6) is -0.00543. The highest BCUT2D eigenvalue weighted by molar-refractivity contribution is 7.92. The van der Waals surface area contributed by atoms with E-state index in [0.29, 0.717) is 35.3 Å². The first kappa shape index (κ1) is 30.2. The zero-order valence-corrected chi connectivity index (χ0v) is 24.8. The second-order valence-corrected chi connectivity index (χ2v) is 12.5. The largest absolute Gasteiger partial charge is 0.486 e. The molecule has 0 bridgehead atoms. The van der Waals surface area contributed by atoms with E-state index in [9.17, 15) is 18.0 Å². The van der Waals surface area contributed by atoms with Crippen molar-refractivity contribution in [1.82, 2.24) is 10.2 Å². The summed E-state index contributed by atoms with van der Waals surface area (Å²) in [6, 6.07) is 20.0. The first-order valence-corrected chi connectivity index (χ1v) is 15.5. The highest BCUT2D eigenvalue weighted by Crippen LogP contribution is 2.35. The Morgan fingerprint density at radius 1 is 0.927 bits per heavy atom. The molecule has 0 unspecified atom stereocenters. The van der Waals surface area contributed by atoms with Crippen LogP contribution in [0.4, 0.5) is 5.69 Å². The monoisotopic (exact) mass is 599 g/mol. The minimum Gasteiger partial charge on any atom is -0.486 e. The average Bonchev–Trinajstić information content (AvgIpc) is 2.93. The van der Waals surface area contributed by atoms with Crippen molar-refractivity contribution in [2.24, 2.45) is 0 Å². The van der Waals surface area contributed by atoms with Crippen molar-refractivity contribution in [3.8, 4) is 11.5 Å². The van der Waals surface area contributed by atoms with Crippen LogP contribution in [0.1, 0.15) is 25.0 Å². The molecule has 2 amide bonds. The molecule has 4 rings (SSSR count). The first-order valence-electron chi connectivity index (χ1n) is 13.3. The molecule has 0 saturated carbocycles.